The molecule has 0 fully saturated rings. The minimum absolute atomic E-state index is 0.196. The van der Waals surface area contributed by atoms with Crippen LogP contribution in [0.2, 0.25) is 0 Å². The van der Waals surface area contributed by atoms with Gasteiger partial charge < -0.3 is 10.1 Å². The summed E-state index contributed by atoms with van der Waals surface area (Å²) in [6.45, 7) is 6.85. The number of ether oxygens (including phenoxy) is 1. The highest BCUT2D eigenvalue weighted by Crippen LogP contribution is 2.29. The summed E-state index contributed by atoms with van der Waals surface area (Å²) < 4.78 is 7.65. The van der Waals surface area contributed by atoms with Gasteiger partial charge in [-0.2, -0.15) is 0 Å². The van der Waals surface area contributed by atoms with Crippen molar-refractivity contribution in [2.45, 2.75) is 33.3 Å². The first-order chi connectivity index (χ1) is 9.67. The van der Waals surface area contributed by atoms with Gasteiger partial charge >= 0.3 is 6.09 Å². The van der Waals surface area contributed by atoms with Crippen LogP contribution < -0.4 is 5.32 Å². The molecule has 2 aromatic rings. The fraction of sp³-hybridized carbons (Fsp3) is 0.333. The molecule has 0 unspecified atom stereocenters. The first kappa shape index (κ1) is 15.6. The fourth-order valence-corrected chi connectivity index (χ4v) is 2.31. The summed E-state index contributed by atoms with van der Waals surface area (Å²) >= 11 is 3.39. The molecule has 0 spiro atoms. The van der Waals surface area contributed by atoms with Gasteiger partial charge in [0.1, 0.15) is 5.60 Å². The molecule has 5 nitrogen and oxygen atoms in total. The topological polar surface area (TPSA) is 60.3 Å². The molecular formula is C15H17BrN2O3. The maximum atomic E-state index is 12.3. The highest BCUT2D eigenvalue weighted by Gasteiger charge is 2.21. The number of anilines is 1. The number of aromatic nitrogens is 1. The zero-order chi connectivity index (χ0) is 15.8. The third kappa shape index (κ3) is 3.64. The second-order valence-electron chi connectivity index (χ2n) is 5.74. The lowest BCUT2D eigenvalue weighted by Crippen LogP contribution is -2.26. The van der Waals surface area contributed by atoms with Crippen LogP contribution >= 0.6 is 15.9 Å². The van der Waals surface area contributed by atoms with Gasteiger partial charge in [-0.15, -0.1) is 0 Å². The molecule has 0 atom stereocenters. The van der Waals surface area contributed by atoms with Crippen molar-refractivity contribution in [3.05, 3.63) is 28.9 Å². The highest BCUT2D eigenvalue weighted by molar-refractivity contribution is 9.10. The standard InChI is InChI=1S/C15H17BrN2O3/c1-9(19)17-12-8-18(14(20)21-15(2,3)4)13-6-5-10(16)7-11(12)13/h5-8H,1-4H3,(H,17,19). The highest BCUT2D eigenvalue weighted by atomic mass is 79.9. The molecule has 1 amide bonds. The Labute approximate surface area is 131 Å². The normalized spacial score (nSPS) is 11.5. The monoisotopic (exact) mass is 352 g/mol. The molecular weight excluding hydrogens is 336 g/mol. The minimum atomic E-state index is -0.586. The van der Waals surface area contributed by atoms with Gasteiger partial charge in [-0.1, -0.05) is 15.9 Å². The first-order valence-electron chi connectivity index (χ1n) is 6.49. The van der Waals surface area contributed by atoms with E-state index in [1.807, 2.05) is 32.9 Å². The van der Waals surface area contributed by atoms with Crippen molar-refractivity contribution in [1.29, 1.82) is 0 Å². The number of rotatable bonds is 1. The summed E-state index contributed by atoms with van der Waals surface area (Å²) in [4.78, 5) is 23.6. The molecule has 0 aliphatic carbocycles. The Kier molecular flexibility index (Phi) is 4.09. The average molecular weight is 353 g/mol. The third-order valence-corrected chi connectivity index (χ3v) is 3.16. The van der Waals surface area contributed by atoms with Crippen LogP contribution in [0, 0.1) is 0 Å². The number of benzene rings is 1. The second-order valence-corrected chi connectivity index (χ2v) is 6.65. The van der Waals surface area contributed by atoms with E-state index in [4.69, 9.17) is 4.74 Å². The molecule has 0 bridgehead atoms. The largest absolute Gasteiger partial charge is 0.443 e. The van der Waals surface area contributed by atoms with Crippen molar-refractivity contribution in [3.63, 3.8) is 0 Å². The van der Waals surface area contributed by atoms with Crippen molar-refractivity contribution >= 4 is 44.5 Å². The Morgan fingerprint density at radius 1 is 1.29 bits per heavy atom. The quantitative estimate of drug-likeness (QED) is 0.838. The van der Waals surface area contributed by atoms with Crippen LogP contribution in [0.25, 0.3) is 10.9 Å². The SMILES string of the molecule is CC(=O)Nc1cn(C(=O)OC(C)(C)C)c2ccc(Br)cc12. The van der Waals surface area contributed by atoms with Gasteiger partial charge in [0.25, 0.3) is 0 Å². The lowest BCUT2D eigenvalue weighted by Gasteiger charge is -2.19. The van der Waals surface area contributed by atoms with E-state index >= 15 is 0 Å². The van der Waals surface area contributed by atoms with Gasteiger partial charge in [0.15, 0.2) is 0 Å². The summed E-state index contributed by atoms with van der Waals surface area (Å²) in [5, 5.41) is 3.49. The van der Waals surface area contributed by atoms with Crippen LogP contribution in [0.5, 0.6) is 0 Å². The Bertz CT molecular complexity index is 714. The van der Waals surface area contributed by atoms with E-state index in [2.05, 4.69) is 21.2 Å². The second kappa shape index (κ2) is 5.52. The molecule has 0 saturated carbocycles. The molecule has 0 saturated heterocycles. The van der Waals surface area contributed by atoms with Crippen molar-refractivity contribution in [2.75, 3.05) is 5.32 Å². The predicted molar refractivity (Wildman–Crippen MR) is 85.6 cm³/mol. The molecule has 0 radical (unpaired) electrons. The number of nitrogens with one attached hydrogen (secondary N) is 1. The molecule has 0 aliphatic heterocycles. The molecule has 1 aromatic heterocycles. The van der Waals surface area contributed by atoms with Gasteiger partial charge in [-0.3, -0.25) is 9.36 Å². The zero-order valence-corrected chi connectivity index (χ0v) is 13.9. The number of carbonyl (C=O) groups is 2. The van der Waals surface area contributed by atoms with E-state index in [-0.39, 0.29) is 5.91 Å². The number of hydrogen-bond donors (Lipinski definition) is 1. The third-order valence-electron chi connectivity index (χ3n) is 2.67. The average Bonchev–Trinajstić information content (AvgIpc) is 2.65. The lowest BCUT2D eigenvalue weighted by atomic mass is 10.2. The summed E-state index contributed by atoms with van der Waals surface area (Å²) in [7, 11) is 0. The molecule has 1 heterocycles. The van der Waals surface area contributed by atoms with Gasteiger partial charge in [-0.25, -0.2) is 4.79 Å². The number of halogens is 1. The lowest BCUT2D eigenvalue weighted by molar-refractivity contribution is -0.114. The van der Waals surface area contributed by atoms with E-state index in [1.54, 1.807) is 12.3 Å². The first-order valence-corrected chi connectivity index (χ1v) is 7.28. The van der Waals surface area contributed by atoms with Crippen LogP contribution in [0.4, 0.5) is 10.5 Å². The van der Waals surface area contributed by atoms with Crippen LogP contribution in [-0.2, 0) is 9.53 Å². The number of carbonyl (C=O) groups excluding carboxylic acids is 2. The molecule has 1 N–H and O–H groups in total. The molecule has 112 valence electrons. The summed E-state index contributed by atoms with van der Waals surface area (Å²) in [6, 6.07) is 5.48. The fourth-order valence-electron chi connectivity index (χ4n) is 1.95. The van der Waals surface area contributed by atoms with E-state index < -0.39 is 11.7 Å². The summed E-state index contributed by atoms with van der Waals surface area (Å²) in [6.07, 6.45) is 1.10. The van der Waals surface area contributed by atoms with E-state index in [9.17, 15) is 9.59 Å². The molecule has 1 aromatic carbocycles. The Morgan fingerprint density at radius 3 is 2.52 bits per heavy atom. The van der Waals surface area contributed by atoms with Crippen LogP contribution in [0.3, 0.4) is 0 Å². The van der Waals surface area contributed by atoms with Crippen molar-refractivity contribution in [1.82, 2.24) is 4.57 Å². The van der Waals surface area contributed by atoms with Crippen LogP contribution in [0.1, 0.15) is 27.7 Å². The number of amides is 1. The molecule has 2 rings (SSSR count). The Hall–Kier alpha value is -1.82. The minimum Gasteiger partial charge on any atom is -0.443 e. The van der Waals surface area contributed by atoms with Crippen LogP contribution in [-0.4, -0.2) is 22.2 Å². The van der Waals surface area contributed by atoms with Gasteiger partial charge in [0, 0.05) is 23.0 Å². The van der Waals surface area contributed by atoms with Gasteiger partial charge in [-0.05, 0) is 39.0 Å². The van der Waals surface area contributed by atoms with E-state index in [1.165, 1.54) is 11.5 Å². The van der Waals surface area contributed by atoms with Crippen molar-refractivity contribution in [2.24, 2.45) is 0 Å². The maximum Gasteiger partial charge on any atom is 0.419 e. The smallest absolute Gasteiger partial charge is 0.419 e. The van der Waals surface area contributed by atoms with E-state index in [0.29, 0.717) is 11.2 Å². The number of fused-ring (bicyclic) bond motifs is 1. The predicted octanol–water partition coefficient (Wildman–Crippen LogP) is 4.15. The van der Waals surface area contributed by atoms with E-state index in [0.717, 1.165) is 9.86 Å². The number of nitrogens with zero attached hydrogens (tertiary/aromatic N) is 1. The molecule has 6 heteroatoms. The summed E-state index contributed by atoms with van der Waals surface area (Å²) in [5.74, 6) is -0.196. The van der Waals surface area contributed by atoms with Gasteiger partial charge in [0.05, 0.1) is 11.2 Å². The van der Waals surface area contributed by atoms with Gasteiger partial charge in [0.2, 0.25) is 5.91 Å². The molecule has 0 aliphatic rings. The van der Waals surface area contributed by atoms with Crippen LogP contribution in [0.15, 0.2) is 28.9 Å². The number of hydrogen-bond acceptors (Lipinski definition) is 3. The zero-order valence-electron chi connectivity index (χ0n) is 12.4. The van der Waals surface area contributed by atoms with Crippen molar-refractivity contribution in [3.8, 4) is 0 Å². The Morgan fingerprint density at radius 2 is 1.95 bits per heavy atom. The maximum absolute atomic E-state index is 12.3. The van der Waals surface area contributed by atoms with Crippen molar-refractivity contribution < 1.29 is 14.3 Å². The Balaban J connectivity index is 2.54. The molecule has 21 heavy (non-hydrogen) atoms. The summed E-state index contributed by atoms with van der Waals surface area (Å²) in [5.41, 5.74) is 0.665.